The normalized spacial score (nSPS) is 26.8. The highest BCUT2D eigenvalue weighted by Crippen LogP contribution is 2.64. The zero-order valence-corrected chi connectivity index (χ0v) is 18.0. The maximum Gasteiger partial charge on any atom is 0.432 e. The van der Waals surface area contributed by atoms with Gasteiger partial charge in [0.15, 0.2) is 5.82 Å². The third-order valence-corrected chi connectivity index (χ3v) is 7.41. The molecule has 10 heteroatoms. The Kier molecular flexibility index (Phi) is 4.82. The van der Waals surface area contributed by atoms with Crippen molar-refractivity contribution < 1.29 is 27.1 Å². The zero-order valence-electron chi connectivity index (χ0n) is 18.0. The van der Waals surface area contributed by atoms with E-state index in [0.29, 0.717) is 28.5 Å². The fourth-order valence-electron chi connectivity index (χ4n) is 5.75. The molecule has 5 atom stereocenters. The van der Waals surface area contributed by atoms with Crippen LogP contribution in [-0.4, -0.2) is 27.2 Å². The molecule has 3 aliphatic rings. The van der Waals surface area contributed by atoms with E-state index >= 15 is 0 Å². The lowest BCUT2D eigenvalue weighted by atomic mass is 9.91. The van der Waals surface area contributed by atoms with E-state index < -0.39 is 11.9 Å². The molecule has 2 N–H and O–H groups in total. The molecule has 34 heavy (non-hydrogen) atoms. The summed E-state index contributed by atoms with van der Waals surface area (Å²) in [6, 6.07) is 6.97. The number of benzene rings is 1. The number of nitrogens with one attached hydrogen (secondary N) is 2. The van der Waals surface area contributed by atoms with Crippen molar-refractivity contribution in [1.29, 1.82) is 0 Å². The monoisotopic (exact) mass is 474 g/mol. The number of carbonyl (C=O) groups is 1. The number of rotatable bonds is 6. The van der Waals surface area contributed by atoms with Gasteiger partial charge in [0.05, 0.1) is 11.6 Å². The van der Waals surface area contributed by atoms with Crippen molar-refractivity contribution >= 4 is 22.6 Å². The molecule has 0 spiro atoms. The molecule has 178 valence electrons. The number of hydrogen-bond acceptors (Lipinski definition) is 4. The van der Waals surface area contributed by atoms with E-state index in [1.54, 1.807) is 18.3 Å². The fraction of sp³-hybridized carbons (Fsp3) is 0.458. The molecule has 0 aliphatic heterocycles. The van der Waals surface area contributed by atoms with Crippen molar-refractivity contribution in [2.75, 3.05) is 5.32 Å². The first kappa shape index (κ1) is 21.4. The van der Waals surface area contributed by atoms with Gasteiger partial charge >= 0.3 is 6.18 Å². The van der Waals surface area contributed by atoms with Gasteiger partial charge in [-0.25, -0.2) is 4.39 Å². The van der Waals surface area contributed by atoms with Crippen LogP contribution in [0.1, 0.15) is 31.4 Å². The van der Waals surface area contributed by atoms with Gasteiger partial charge in [0, 0.05) is 23.6 Å². The number of fused-ring (bicyclic) bond motifs is 2. The van der Waals surface area contributed by atoms with Crippen LogP contribution in [0.15, 0.2) is 36.5 Å². The van der Waals surface area contributed by atoms with E-state index in [4.69, 9.17) is 4.74 Å². The van der Waals surface area contributed by atoms with Crippen LogP contribution < -0.4 is 10.1 Å². The lowest BCUT2D eigenvalue weighted by molar-refractivity contribution is -0.141. The topological polar surface area (TPSA) is 79.9 Å². The van der Waals surface area contributed by atoms with Crippen molar-refractivity contribution in [1.82, 2.24) is 15.2 Å². The Hall–Kier alpha value is -3.17. The van der Waals surface area contributed by atoms with Gasteiger partial charge in [0.1, 0.15) is 17.3 Å². The van der Waals surface area contributed by atoms with Crippen LogP contribution in [-0.2, 0) is 11.0 Å². The molecular weight excluding hydrogens is 452 g/mol. The summed E-state index contributed by atoms with van der Waals surface area (Å²) in [7, 11) is 0. The first-order valence-corrected chi connectivity index (χ1v) is 11.4. The highest BCUT2D eigenvalue weighted by atomic mass is 19.4. The van der Waals surface area contributed by atoms with Crippen molar-refractivity contribution in [3.05, 3.63) is 48.0 Å². The molecule has 1 amide bonds. The largest absolute Gasteiger partial charge is 0.490 e. The number of aromatic amines is 1. The first-order chi connectivity index (χ1) is 16.3. The summed E-state index contributed by atoms with van der Waals surface area (Å²) in [5.41, 5.74) is -0.324. The van der Waals surface area contributed by atoms with Crippen molar-refractivity contribution in [3.63, 3.8) is 0 Å². The quantitative estimate of drug-likeness (QED) is 0.483. The highest BCUT2D eigenvalue weighted by Gasteiger charge is 2.63. The SMILES string of the molecule is O=C(Nc1cc(C(F)(F)F)[nH]n1)C(C1CC1)[C@@H]1[C@@H]2C[C@@H](Oc3ccnc4ccc(F)cc34)C[C@@H]21. The number of pyridine rings is 1. The summed E-state index contributed by atoms with van der Waals surface area (Å²) in [6.07, 6.45) is 0.579. The lowest BCUT2D eigenvalue weighted by Crippen LogP contribution is -2.29. The number of carbonyl (C=O) groups excluding carboxylic acids is 1. The molecule has 3 fully saturated rings. The number of amides is 1. The predicted octanol–water partition coefficient (Wildman–Crippen LogP) is 5.18. The maximum atomic E-state index is 13.7. The molecule has 1 unspecified atom stereocenters. The zero-order chi connectivity index (χ0) is 23.6. The second-order valence-corrected chi connectivity index (χ2v) is 9.60. The third kappa shape index (κ3) is 3.88. The number of hydrogen-bond donors (Lipinski definition) is 2. The first-order valence-electron chi connectivity index (χ1n) is 11.4. The summed E-state index contributed by atoms with van der Waals surface area (Å²) < 4.78 is 58.4. The van der Waals surface area contributed by atoms with Crippen molar-refractivity contribution in [2.24, 2.45) is 29.6 Å². The average Bonchev–Trinajstić information content (AvgIpc) is 3.61. The van der Waals surface area contributed by atoms with Gasteiger partial charge in [-0.15, -0.1) is 0 Å². The van der Waals surface area contributed by atoms with Gasteiger partial charge in [-0.3, -0.25) is 14.9 Å². The molecule has 0 radical (unpaired) electrons. The minimum atomic E-state index is -4.54. The summed E-state index contributed by atoms with van der Waals surface area (Å²) >= 11 is 0. The average molecular weight is 474 g/mol. The van der Waals surface area contributed by atoms with Gasteiger partial charge in [-0.05, 0) is 73.6 Å². The minimum Gasteiger partial charge on any atom is -0.490 e. The second kappa shape index (κ2) is 7.68. The number of halogens is 4. The molecule has 3 aliphatic carbocycles. The maximum absolute atomic E-state index is 13.7. The van der Waals surface area contributed by atoms with Crippen LogP contribution >= 0.6 is 0 Å². The Morgan fingerprint density at radius 2 is 1.91 bits per heavy atom. The van der Waals surface area contributed by atoms with Gasteiger partial charge in [0.2, 0.25) is 5.91 Å². The van der Waals surface area contributed by atoms with Crippen molar-refractivity contribution in [2.45, 2.75) is 38.0 Å². The van der Waals surface area contributed by atoms with E-state index in [9.17, 15) is 22.4 Å². The molecular formula is C24H22F4N4O2. The molecule has 2 aromatic heterocycles. The van der Waals surface area contributed by atoms with Crippen LogP contribution in [0, 0.1) is 35.4 Å². The fourth-order valence-corrected chi connectivity index (χ4v) is 5.75. The Bertz CT molecular complexity index is 1240. The van der Waals surface area contributed by atoms with E-state index in [0.717, 1.165) is 31.7 Å². The number of aromatic nitrogens is 3. The minimum absolute atomic E-state index is 0.0243. The summed E-state index contributed by atoms with van der Waals surface area (Å²) in [5.74, 6) is 0.829. The summed E-state index contributed by atoms with van der Waals surface area (Å²) in [4.78, 5) is 17.2. The number of ether oxygens (including phenoxy) is 1. The Labute approximate surface area is 192 Å². The van der Waals surface area contributed by atoms with Crippen LogP contribution in [0.3, 0.4) is 0 Å². The number of alkyl halides is 3. The predicted molar refractivity (Wildman–Crippen MR) is 114 cm³/mol. The van der Waals surface area contributed by atoms with E-state index in [2.05, 4.69) is 15.4 Å². The molecule has 6 rings (SSSR count). The molecule has 0 bridgehead atoms. The Balaban J connectivity index is 1.11. The molecule has 0 saturated heterocycles. The summed E-state index contributed by atoms with van der Waals surface area (Å²) in [6.45, 7) is 0. The molecule has 3 saturated carbocycles. The molecule has 1 aromatic carbocycles. The van der Waals surface area contributed by atoms with E-state index in [1.165, 1.54) is 12.1 Å². The summed E-state index contributed by atoms with van der Waals surface area (Å²) in [5, 5.41) is 8.75. The van der Waals surface area contributed by atoms with Gasteiger partial charge < -0.3 is 10.1 Å². The smallest absolute Gasteiger partial charge is 0.432 e. The number of H-pyrrole nitrogens is 1. The van der Waals surface area contributed by atoms with Crippen LogP contribution in [0.25, 0.3) is 10.9 Å². The third-order valence-electron chi connectivity index (χ3n) is 7.41. The van der Waals surface area contributed by atoms with Crippen LogP contribution in [0.2, 0.25) is 0 Å². The Morgan fingerprint density at radius 1 is 1.15 bits per heavy atom. The van der Waals surface area contributed by atoms with Gasteiger partial charge in [0.25, 0.3) is 0 Å². The molecule has 2 heterocycles. The number of nitrogens with zero attached hydrogens (tertiary/aromatic N) is 2. The van der Waals surface area contributed by atoms with Crippen molar-refractivity contribution in [3.8, 4) is 5.75 Å². The molecule has 6 nitrogen and oxygen atoms in total. The molecule has 3 aromatic rings. The van der Waals surface area contributed by atoms with E-state index in [-0.39, 0.29) is 41.4 Å². The van der Waals surface area contributed by atoms with E-state index in [1.807, 2.05) is 5.10 Å². The Morgan fingerprint density at radius 3 is 2.59 bits per heavy atom. The standard InChI is InChI=1S/C24H22F4N4O2/c25-12-3-4-17-16(7-12)18(5-6-29-17)34-13-8-14-15(9-13)22(14)21(11-1-2-11)23(33)30-20-10-19(31-32-20)24(26,27)28/h3-7,10-11,13-15,21-22H,1-2,8-9H2,(H2,30,31,32,33)/t13-,14-,15+,21?,22-. The van der Waals surface area contributed by atoms with Gasteiger partial charge in [-0.1, -0.05) is 0 Å². The van der Waals surface area contributed by atoms with Crippen LogP contribution in [0.5, 0.6) is 5.75 Å². The number of anilines is 1. The highest BCUT2D eigenvalue weighted by molar-refractivity contribution is 5.92. The van der Waals surface area contributed by atoms with Crippen LogP contribution in [0.4, 0.5) is 23.4 Å². The second-order valence-electron chi connectivity index (χ2n) is 9.60. The van der Waals surface area contributed by atoms with Gasteiger partial charge in [-0.2, -0.15) is 18.3 Å². The lowest BCUT2D eigenvalue weighted by Gasteiger charge is -2.21.